The fourth-order valence-electron chi connectivity index (χ4n) is 2.63. The van der Waals surface area contributed by atoms with E-state index in [0.717, 1.165) is 39.5 Å². The number of fused-ring (bicyclic) bond motifs is 2. The lowest BCUT2D eigenvalue weighted by Crippen LogP contribution is -1.98. The number of aryl methyl sites for hydroxylation is 1. The zero-order chi connectivity index (χ0) is 15.7. The molecule has 2 aromatic rings. The summed E-state index contributed by atoms with van der Waals surface area (Å²) in [5, 5.41) is 23.7. The summed E-state index contributed by atoms with van der Waals surface area (Å²) in [5.41, 5.74) is 3.96. The van der Waals surface area contributed by atoms with Gasteiger partial charge in [0.05, 0.1) is 5.71 Å². The molecular weight excluding hydrogens is 298 g/mol. The smallest absolute Gasteiger partial charge is 0.123 e. The van der Waals surface area contributed by atoms with Gasteiger partial charge in [0.1, 0.15) is 18.6 Å². The highest BCUT2D eigenvalue weighted by Crippen LogP contribution is 2.42. The fourth-order valence-corrected chi connectivity index (χ4v) is 3.80. The third kappa shape index (κ3) is 2.76. The number of hydrogen-bond donors (Lipinski definition) is 2. The largest absolute Gasteiger partial charge is 0.508 e. The van der Waals surface area contributed by atoms with Crippen LogP contribution >= 0.6 is 11.8 Å². The average Bonchev–Trinajstić information content (AvgIpc) is 2.65. The SMILES string of the molecule is CON=C(C)c1ccc2c(c1)CCc1c(O)cc(O)cc1S2. The van der Waals surface area contributed by atoms with E-state index in [2.05, 4.69) is 17.3 Å². The number of phenols is 2. The van der Waals surface area contributed by atoms with Crippen molar-refractivity contribution in [3.05, 3.63) is 47.0 Å². The van der Waals surface area contributed by atoms with Gasteiger partial charge in [0.15, 0.2) is 0 Å². The number of benzene rings is 2. The second-order valence-electron chi connectivity index (χ2n) is 5.23. The Balaban J connectivity index is 2.01. The average molecular weight is 315 g/mol. The molecule has 1 aliphatic rings. The van der Waals surface area contributed by atoms with Crippen molar-refractivity contribution in [2.24, 2.45) is 5.16 Å². The Morgan fingerprint density at radius 3 is 2.73 bits per heavy atom. The van der Waals surface area contributed by atoms with E-state index in [0.29, 0.717) is 0 Å². The van der Waals surface area contributed by atoms with E-state index in [1.165, 1.54) is 18.7 Å². The molecule has 3 rings (SSSR count). The van der Waals surface area contributed by atoms with E-state index in [1.54, 1.807) is 17.8 Å². The molecule has 0 bridgehead atoms. The van der Waals surface area contributed by atoms with Gasteiger partial charge in [0, 0.05) is 21.4 Å². The van der Waals surface area contributed by atoms with E-state index >= 15 is 0 Å². The number of phenolic OH excluding ortho intramolecular Hbond substituents is 2. The zero-order valence-electron chi connectivity index (χ0n) is 12.5. The number of hydrogen-bond acceptors (Lipinski definition) is 5. The van der Waals surface area contributed by atoms with Crippen molar-refractivity contribution < 1.29 is 15.1 Å². The molecule has 22 heavy (non-hydrogen) atoms. The van der Waals surface area contributed by atoms with Crippen LogP contribution in [0.25, 0.3) is 0 Å². The van der Waals surface area contributed by atoms with Crippen LogP contribution in [0.4, 0.5) is 0 Å². The van der Waals surface area contributed by atoms with Crippen LogP contribution in [-0.2, 0) is 17.7 Å². The maximum absolute atomic E-state index is 10.0. The second kappa shape index (κ2) is 5.93. The predicted molar refractivity (Wildman–Crippen MR) is 87.0 cm³/mol. The molecule has 0 aliphatic carbocycles. The normalized spacial score (nSPS) is 14.0. The van der Waals surface area contributed by atoms with Gasteiger partial charge < -0.3 is 15.1 Å². The molecule has 0 saturated heterocycles. The van der Waals surface area contributed by atoms with Gasteiger partial charge in [0.2, 0.25) is 0 Å². The lowest BCUT2D eigenvalue weighted by atomic mass is 10.0. The van der Waals surface area contributed by atoms with Crippen LogP contribution in [0.2, 0.25) is 0 Å². The number of rotatable bonds is 2. The van der Waals surface area contributed by atoms with E-state index < -0.39 is 0 Å². The summed E-state index contributed by atoms with van der Waals surface area (Å²) in [6, 6.07) is 9.29. The molecule has 0 atom stereocenters. The Morgan fingerprint density at radius 1 is 1.14 bits per heavy atom. The number of oxime groups is 1. The molecule has 0 saturated carbocycles. The first-order chi connectivity index (χ1) is 10.6. The van der Waals surface area contributed by atoms with Crippen molar-refractivity contribution in [3.63, 3.8) is 0 Å². The lowest BCUT2D eigenvalue weighted by Gasteiger charge is -2.09. The van der Waals surface area contributed by atoms with Crippen molar-refractivity contribution in [2.75, 3.05) is 7.11 Å². The highest BCUT2D eigenvalue weighted by Gasteiger charge is 2.18. The van der Waals surface area contributed by atoms with Crippen molar-refractivity contribution in [1.29, 1.82) is 0 Å². The van der Waals surface area contributed by atoms with Crippen LogP contribution in [0.5, 0.6) is 11.5 Å². The molecule has 2 N–H and O–H groups in total. The quantitative estimate of drug-likeness (QED) is 0.655. The molecule has 0 unspecified atom stereocenters. The molecule has 0 fully saturated rings. The highest BCUT2D eigenvalue weighted by molar-refractivity contribution is 7.99. The third-order valence-corrected chi connectivity index (χ3v) is 4.94. The molecule has 4 nitrogen and oxygen atoms in total. The van der Waals surface area contributed by atoms with Crippen LogP contribution in [0.1, 0.15) is 23.6 Å². The van der Waals surface area contributed by atoms with Gasteiger partial charge in [-0.05, 0) is 49.1 Å². The summed E-state index contributed by atoms with van der Waals surface area (Å²) >= 11 is 1.57. The van der Waals surface area contributed by atoms with Crippen LogP contribution in [0.3, 0.4) is 0 Å². The third-order valence-electron chi connectivity index (χ3n) is 3.74. The topological polar surface area (TPSA) is 62.0 Å². The Labute approximate surface area is 133 Å². The molecule has 1 aliphatic heterocycles. The van der Waals surface area contributed by atoms with Crippen molar-refractivity contribution >= 4 is 17.5 Å². The van der Waals surface area contributed by atoms with Crippen LogP contribution in [0.15, 0.2) is 45.3 Å². The minimum Gasteiger partial charge on any atom is -0.508 e. The van der Waals surface area contributed by atoms with E-state index in [9.17, 15) is 10.2 Å². The first-order valence-corrected chi connectivity index (χ1v) is 7.84. The standard InChI is InChI=1S/C17H17NO3S/c1-10(18-21-2)11-4-6-16-12(7-11)3-5-14-15(20)8-13(19)9-17(14)22-16/h4,6-9,19-20H,3,5H2,1-2H3. The van der Waals surface area contributed by atoms with Crippen molar-refractivity contribution in [1.82, 2.24) is 0 Å². The Hall–Kier alpha value is -2.14. The highest BCUT2D eigenvalue weighted by atomic mass is 32.2. The predicted octanol–water partition coefficient (Wildman–Crippen LogP) is 3.72. The van der Waals surface area contributed by atoms with Crippen LogP contribution in [-0.4, -0.2) is 23.0 Å². The molecule has 0 spiro atoms. The summed E-state index contributed by atoms with van der Waals surface area (Å²) in [6.07, 6.45) is 1.58. The summed E-state index contributed by atoms with van der Waals surface area (Å²) in [4.78, 5) is 6.87. The molecule has 0 radical (unpaired) electrons. The Bertz CT molecular complexity index is 756. The monoisotopic (exact) mass is 315 g/mol. The lowest BCUT2D eigenvalue weighted by molar-refractivity contribution is 0.213. The molecule has 5 heteroatoms. The van der Waals surface area contributed by atoms with Crippen molar-refractivity contribution in [3.8, 4) is 11.5 Å². The number of aromatic hydroxyl groups is 2. The van der Waals surface area contributed by atoms with Gasteiger partial charge in [0.25, 0.3) is 0 Å². The second-order valence-corrected chi connectivity index (χ2v) is 6.31. The Kier molecular flexibility index (Phi) is 3.98. The van der Waals surface area contributed by atoms with Gasteiger partial charge >= 0.3 is 0 Å². The summed E-state index contributed by atoms with van der Waals surface area (Å²) < 4.78 is 0. The fraction of sp³-hybridized carbons (Fsp3) is 0.235. The zero-order valence-corrected chi connectivity index (χ0v) is 13.3. The summed E-state index contributed by atoms with van der Waals surface area (Å²) in [7, 11) is 1.54. The van der Waals surface area contributed by atoms with Crippen LogP contribution < -0.4 is 0 Å². The molecule has 0 amide bonds. The minimum atomic E-state index is 0.0897. The van der Waals surface area contributed by atoms with Gasteiger partial charge in [-0.15, -0.1) is 0 Å². The Morgan fingerprint density at radius 2 is 1.95 bits per heavy atom. The first-order valence-electron chi connectivity index (χ1n) is 7.02. The first kappa shape index (κ1) is 14.8. The maximum Gasteiger partial charge on any atom is 0.123 e. The van der Waals surface area contributed by atoms with Gasteiger partial charge in [-0.25, -0.2) is 0 Å². The summed E-state index contributed by atoms with van der Waals surface area (Å²) in [6.45, 7) is 1.91. The molecule has 1 heterocycles. The van der Waals surface area contributed by atoms with Crippen molar-refractivity contribution in [2.45, 2.75) is 29.6 Å². The maximum atomic E-state index is 10.0. The van der Waals surface area contributed by atoms with E-state index in [1.807, 2.05) is 13.0 Å². The molecule has 0 aromatic heterocycles. The van der Waals surface area contributed by atoms with Gasteiger partial charge in [-0.1, -0.05) is 23.0 Å². The molecule has 2 aromatic carbocycles. The minimum absolute atomic E-state index is 0.0897. The molecular formula is C17H17NO3S. The molecule has 114 valence electrons. The van der Waals surface area contributed by atoms with Crippen LogP contribution in [0, 0.1) is 0 Å². The van der Waals surface area contributed by atoms with E-state index in [4.69, 9.17) is 4.84 Å². The van der Waals surface area contributed by atoms with Gasteiger partial charge in [-0.3, -0.25) is 0 Å². The number of nitrogens with zero attached hydrogens (tertiary/aromatic N) is 1. The summed E-state index contributed by atoms with van der Waals surface area (Å²) in [5.74, 6) is 0.250. The van der Waals surface area contributed by atoms with E-state index in [-0.39, 0.29) is 11.5 Å². The van der Waals surface area contributed by atoms with Gasteiger partial charge in [-0.2, -0.15) is 0 Å².